The average Bonchev–Trinajstić information content (AvgIpc) is 2.09. The van der Waals surface area contributed by atoms with Gasteiger partial charge in [0.1, 0.15) is 17.2 Å². The van der Waals surface area contributed by atoms with Gasteiger partial charge in [-0.15, -0.1) is 0 Å². The quantitative estimate of drug-likeness (QED) is 0.744. The van der Waals surface area contributed by atoms with Crippen LogP contribution in [0.15, 0.2) is 12.1 Å². The van der Waals surface area contributed by atoms with E-state index in [1.807, 2.05) is 0 Å². The van der Waals surface area contributed by atoms with E-state index in [2.05, 4.69) is 0 Å². The second-order valence-corrected chi connectivity index (χ2v) is 3.58. The van der Waals surface area contributed by atoms with Crippen molar-refractivity contribution in [3.63, 3.8) is 0 Å². The molecule has 0 amide bonds. The fourth-order valence-electron chi connectivity index (χ4n) is 1.52. The van der Waals surface area contributed by atoms with Gasteiger partial charge in [-0.25, -0.2) is 8.78 Å². The Labute approximate surface area is 80.1 Å². The van der Waals surface area contributed by atoms with Crippen molar-refractivity contribution in [1.82, 2.24) is 0 Å². The number of aryl methyl sites for hydroxylation is 1. The lowest BCUT2D eigenvalue weighted by molar-refractivity contribution is -0.187. The number of hydrogen-bond acceptors (Lipinski definition) is 2. The summed E-state index contributed by atoms with van der Waals surface area (Å²) < 4.78 is 31.6. The summed E-state index contributed by atoms with van der Waals surface area (Å²) in [5, 5.41) is 9.76. The maximum absolute atomic E-state index is 13.5. The lowest BCUT2D eigenvalue weighted by Gasteiger charge is -2.37. The highest BCUT2D eigenvalue weighted by Crippen LogP contribution is 2.33. The van der Waals surface area contributed by atoms with Crippen molar-refractivity contribution < 1.29 is 18.6 Å². The normalized spacial score (nSPS) is 19.1. The Morgan fingerprint density at radius 2 is 2.00 bits per heavy atom. The van der Waals surface area contributed by atoms with Crippen LogP contribution in [0.1, 0.15) is 11.1 Å². The molecule has 0 atom stereocenters. The van der Waals surface area contributed by atoms with Gasteiger partial charge in [-0.3, -0.25) is 0 Å². The Hall–Kier alpha value is -1.00. The third kappa shape index (κ3) is 1.22. The van der Waals surface area contributed by atoms with E-state index in [4.69, 9.17) is 4.74 Å². The highest BCUT2D eigenvalue weighted by molar-refractivity contribution is 5.32. The molecule has 1 aromatic carbocycles. The predicted molar refractivity (Wildman–Crippen MR) is 45.8 cm³/mol. The molecular formula is C10H10F2O2. The van der Waals surface area contributed by atoms with E-state index in [-0.39, 0.29) is 18.8 Å². The number of halogens is 2. The maximum Gasteiger partial charge on any atom is 0.142 e. The number of rotatable bonds is 1. The molecule has 1 aliphatic heterocycles. The molecule has 76 valence electrons. The first-order valence-corrected chi connectivity index (χ1v) is 4.30. The number of ether oxygens (including phenoxy) is 1. The van der Waals surface area contributed by atoms with Gasteiger partial charge in [-0.1, -0.05) is 6.07 Å². The van der Waals surface area contributed by atoms with Crippen molar-refractivity contribution in [2.45, 2.75) is 12.5 Å². The largest absolute Gasteiger partial charge is 0.380 e. The summed E-state index contributed by atoms with van der Waals surface area (Å²) >= 11 is 0. The van der Waals surface area contributed by atoms with Crippen LogP contribution in [0, 0.1) is 18.6 Å². The molecular weight excluding hydrogens is 190 g/mol. The zero-order valence-corrected chi connectivity index (χ0v) is 7.68. The molecule has 1 heterocycles. The molecule has 0 aromatic heterocycles. The molecule has 0 unspecified atom stereocenters. The van der Waals surface area contributed by atoms with Gasteiger partial charge in [-0.2, -0.15) is 0 Å². The van der Waals surface area contributed by atoms with Crippen molar-refractivity contribution in [3.8, 4) is 0 Å². The van der Waals surface area contributed by atoms with Crippen molar-refractivity contribution in [2.75, 3.05) is 13.2 Å². The van der Waals surface area contributed by atoms with E-state index in [1.165, 1.54) is 13.0 Å². The summed E-state index contributed by atoms with van der Waals surface area (Å²) in [5.41, 5.74) is -1.44. The molecule has 1 fully saturated rings. The van der Waals surface area contributed by atoms with E-state index in [0.29, 0.717) is 5.56 Å². The summed E-state index contributed by atoms with van der Waals surface area (Å²) in [5.74, 6) is -1.41. The van der Waals surface area contributed by atoms with Gasteiger partial charge < -0.3 is 9.84 Å². The van der Waals surface area contributed by atoms with Gasteiger partial charge >= 0.3 is 0 Å². The molecule has 2 rings (SSSR count). The Bertz CT molecular complexity index is 373. The Balaban J connectivity index is 2.56. The van der Waals surface area contributed by atoms with Gasteiger partial charge in [0.2, 0.25) is 0 Å². The Morgan fingerprint density at radius 3 is 2.50 bits per heavy atom. The van der Waals surface area contributed by atoms with Crippen LogP contribution in [-0.2, 0) is 10.3 Å². The SMILES string of the molecule is Cc1ccc(F)c(C2(O)COC2)c1F. The Morgan fingerprint density at radius 1 is 1.36 bits per heavy atom. The lowest BCUT2D eigenvalue weighted by Crippen LogP contribution is -2.48. The van der Waals surface area contributed by atoms with Crippen LogP contribution in [0.5, 0.6) is 0 Å². The minimum atomic E-state index is -1.49. The zero-order chi connectivity index (χ0) is 10.3. The van der Waals surface area contributed by atoms with Crippen molar-refractivity contribution in [2.24, 2.45) is 0 Å². The summed E-state index contributed by atoms with van der Waals surface area (Å²) in [4.78, 5) is 0. The van der Waals surface area contributed by atoms with Crippen LogP contribution in [-0.4, -0.2) is 18.3 Å². The van der Waals surface area contributed by atoms with Crippen molar-refractivity contribution >= 4 is 0 Å². The molecule has 1 aliphatic rings. The molecule has 0 aliphatic carbocycles. The molecule has 0 radical (unpaired) electrons. The minimum absolute atomic E-state index is 0.0513. The average molecular weight is 200 g/mol. The van der Waals surface area contributed by atoms with Crippen molar-refractivity contribution in [1.29, 1.82) is 0 Å². The van der Waals surface area contributed by atoms with Crippen LogP contribution >= 0.6 is 0 Å². The zero-order valence-electron chi connectivity index (χ0n) is 7.68. The fourth-order valence-corrected chi connectivity index (χ4v) is 1.52. The van der Waals surface area contributed by atoms with Crippen LogP contribution in [0.25, 0.3) is 0 Å². The van der Waals surface area contributed by atoms with E-state index in [9.17, 15) is 13.9 Å². The smallest absolute Gasteiger partial charge is 0.142 e. The molecule has 14 heavy (non-hydrogen) atoms. The van der Waals surface area contributed by atoms with Crippen LogP contribution in [0.4, 0.5) is 8.78 Å². The number of hydrogen-bond donors (Lipinski definition) is 1. The topological polar surface area (TPSA) is 29.5 Å². The van der Waals surface area contributed by atoms with Gasteiger partial charge in [0.05, 0.1) is 18.8 Å². The molecule has 0 bridgehead atoms. The first-order valence-electron chi connectivity index (χ1n) is 4.30. The predicted octanol–water partition coefficient (Wildman–Crippen LogP) is 1.49. The van der Waals surface area contributed by atoms with Gasteiger partial charge in [0, 0.05) is 0 Å². The van der Waals surface area contributed by atoms with Crippen LogP contribution < -0.4 is 0 Å². The molecule has 2 nitrogen and oxygen atoms in total. The second-order valence-electron chi connectivity index (χ2n) is 3.58. The molecule has 1 N–H and O–H groups in total. The molecule has 1 saturated heterocycles. The highest BCUT2D eigenvalue weighted by atomic mass is 19.1. The monoisotopic (exact) mass is 200 g/mol. The molecule has 0 spiro atoms. The lowest BCUT2D eigenvalue weighted by atomic mass is 9.90. The van der Waals surface area contributed by atoms with E-state index >= 15 is 0 Å². The first kappa shape index (κ1) is 9.55. The highest BCUT2D eigenvalue weighted by Gasteiger charge is 2.42. The molecule has 4 heteroatoms. The third-order valence-corrected chi connectivity index (χ3v) is 2.43. The molecule has 0 saturated carbocycles. The minimum Gasteiger partial charge on any atom is -0.380 e. The van der Waals surface area contributed by atoms with Gasteiger partial charge in [-0.05, 0) is 18.6 Å². The number of benzene rings is 1. The van der Waals surface area contributed by atoms with Gasteiger partial charge in [0.15, 0.2) is 0 Å². The van der Waals surface area contributed by atoms with E-state index in [0.717, 1.165) is 6.07 Å². The van der Waals surface area contributed by atoms with Crippen molar-refractivity contribution in [3.05, 3.63) is 34.9 Å². The maximum atomic E-state index is 13.5. The van der Waals surface area contributed by atoms with Crippen LogP contribution in [0.3, 0.4) is 0 Å². The Kier molecular flexibility index (Phi) is 2.05. The molecule has 1 aromatic rings. The summed E-state index contributed by atoms with van der Waals surface area (Å²) in [6.45, 7) is 1.43. The number of aliphatic hydroxyl groups is 1. The first-order chi connectivity index (χ1) is 6.54. The summed E-state index contributed by atoms with van der Waals surface area (Å²) in [6, 6.07) is 2.50. The van der Waals surface area contributed by atoms with Crippen LogP contribution in [0.2, 0.25) is 0 Å². The summed E-state index contributed by atoms with van der Waals surface area (Å²) in [6.07, 6.45) is 0. The summed E-state index contributed by atoms with van der Waals surface area (Å²) in [7, 11) is 0. The van der Waals surface area contributed by atoms with E-state index < -0.39 is 17.2 Å². The standard InChI is InChI=1S/C10H10F2O2/c1-6-2-3-7(11)8(9(6)12)10(13)4-14-5-10/h2-3,13H,4-5H2,1H3. The third-order valence-electron chi connectivity index (χ3n) is 2.43. The van der Waals surface area contributed by atoms with Gasteiger partial charge in [0.25, 0.3) is 0 Å². The van der Waals surface area contributed by atoms with E-state index in [1.54, 1.807) is 0 Å². The second kappa shape index (κ2) is 3.00. The fraction of sp³-hybridized carbons (Fsp3) is 0.400.